The SMILES string of the molecule is CCO[SiH](CC1CO1)CC1CO1. The highest BCUT2D eigenvalue weighted by Crippen LogP contribution is 2.23. The van der Waals surface area contributed by atoms with Gasteiger partial charge in [0.05, 0.1) is 25.4 Å². The number of hydrogen-bond donors (Lipinski definition) is 0. The van der Waals surface area contributed by atoms with Crippen molar-refractivity contribution in [3.05, 3.63) is 0 Å². The zero-order chi connectivity index (χ0) is 8.39. The van der Waals surface area contributed by atoms with Crippen molar-refractivity contribution in [1.82, 2.24) is 0 Å². The van der Waals surface area contributed by atoms with Gasteiger partial charge < -0.3 is 13.9 Å². The van der Waals surface area contributed by atoms with Gasteiger partial charge in [0.2, 0.25) is 0 Å². The predicted molar refractivity (Wildman–Crippen MR) is 47.9 cm³/mol. The molecule has 2 aliphatic rings. The van der Waals surface area contributed by atoms with Crippen LogP contribution in [-0.4, -0.2) is 41.1 Å². The molecule has 3 nitrogen and oxygen atoms in total. The van der Waals surface area contributed by atoms with E-state index in [0.29, 0.717) is 12.2 Å². The van der Waals surface area contributed by atoms with E-state index in [1.165, 1.54) is 12.1 Å². The van der Waals surface area contributed by atoms with Gasteiger partial charge in [-0.25, -0.2) is 0 Å². The third kappa shape index (κ3) is 2.86. The van der Waals surface area contributed by atoms with Gasteiger partial charge in [0.25, 0.3) is 0 Å². The lowest BCUT2D eigenvalue weighted by Gasteiger charge is -2.11. The fraction of sp³-hybridized carbons (Fsp3) is 1.00. The van der Waals surface area contributed by atoms with Gasteiger partial charge in [-0.2, -0.15) is 0 Å². The van der Waals surface area contributed by atoms with Gasteiger partial charge in [-0.1, -0.05) is 0 Å². The van der Waals surface area contributed by atoms with Crippen LogP contribution in [0.4, 0.5) is 0 Å². The molecule has 0 amide bonds. The van der Waals surface area contributed by atoms with Crippen molar-refractivity contribution in [2.75, 3.05) is 19.8 Å². The maximum Gasteiger partial charge on any atom is 0.182 e. The lowest BCUT2D eigenvalue weighted by molar-refractivity contribution is 0.326. The van der Waals surface area contributed by atoms with Gasteiger partial charge in [0.1, 0.15) is 0 Å². The standard InChI is InChI=1S/C8H16O3Si/c1-2-11-12(5-7-3-9-7)6-8-4-10-8/h7-8,12H,2-6H2,1H3. The summed E-state index contributed by atoms with van der Waals surface area (Å²) in [6, 6.07) is 2.38. The Morgan fingerprint density at radius 2 is 1.75 bits per heavy atom. The van der Waals surface area contributed by atoms with Crippen LogP contribution in [0.15, 0.2) is 0 Å². The number of rotatable bonds is 6. The van der Waals surface area contributed by atoms with Crippen molar-refractivity contribution >= 4 is 9.04 Å². The molecule has 2 unspecified atom stereocenters. The third-order valence-electron chi connectivity index (χ3n) is 2.26. The molecule has 0 aromatic carbocycles. The summed E-state index contributed by atoms with van der Waals surface area (Å²) in [6.45, 7) is 4.85. The lowest BCUT2D eigenvalue weighted by atomic mass is 10.6. The van der Waals surface area contributed by atoms with Crippen molar-refractivity contribution in [3.63, 3.8) is 0 Å². The van der Waals surface area contributed by atoms with Crippen LogP contribution in [-0.2, 0) is 13.9 Å². The second kappa shape index (κ2) is 3.87. The molecule has 0 spiro atoms. The normalized spacial score (nSPS) is 34.8. The Kier molecular flexibility index (Phi) is 2.80. The largest absolute Gasteiger partial charge is 0.420 e. The second-order valence-electron chi connectivity index (χ2n) is 3.46. The topological polar surface area (TPSA) is 34.3 Å². The van der Waals surface area contributed by atoms with E-state index < -0.39 is 9.04 Å². The molecule has 2 rings (SSSR count). The first-order valence-electron chi connectivity index (χ1n) is 4.73. The Morgan fingerprint density at radius 1 is 1.25 bits per heavy atom. The number of hydrogen-bond acceptors (Lipinski definition) is 3. The van der Waals surface area contributed by atoms with E-state index in [1.807, 2.05) is 0 Å². The zero-order valence-corrected chi connectivity index (χ0v) is 8.65. The number of ether oxygens (including phenoxy) is 2. The fourth-order valence-electron chi connectivity index (χ4n) is 1.46. The minimum Gasteiger partial charge on any atom is -0.420 e. The average molecular weight is 188 g/mol. The highest BCUT2D eigenvalue weighted by atomic mass is 28.3. The Morgan fingerprint density at radius 3 is 2.08 bits per heavy atom. The maximum atomic E-state index is 5.72. The highest BCUT2D eigenvalue weighted by Gasteiger charge is 2.33. The van der Waals surface area contributed by atoms with E-state index in [4.69, 9.17) is 13.9 Å². The molecule has 0 aliphatic carbocycles. The minimum absolute atomic E-state index is 0.534. The first-order chi connectivity index (χ1) is 5.88. The van der Waals surface area contributed by atoms with Crippen LogP contribution < -0.4 is 0 Å². The molecular weight excluding hydrogens is 172 g/mol. The van der Waals surface area contributed by atoms with Gasteiger partial charge >= 0.3 is 0 Å². The molecule has 2 aliphatic heterocycles. The minimum atomic E-state index is -0.975. The molecule has 0 radical (unpaired) electrons. The summed E-state index contributed by atoms with van der Waals surface area (Å²) in [4.78, 5) is 0. The molecule has 2 atom stereocenters. The average Bonchev–Trinajstić information content (AvgIpc) is 2.82. The summed E-state index contributed by atoms with van der Waals surface area (Å²) in [5.41, 5.74) is 0. The monoisotopic (exact) mass is 188 g/mol. The molecule has 4 heteroatoms. The van der Waals surface area contributed by atoms with Crippen LogP contribution in [0.3, 0.4) is 0 Å². The molecule has 0 saturated carbocycles. The molecule has 12 heavy (non-hydrogen) atoms. The smallest absolute Gasteiger partial charge is 0.182 e. The van der Waals surface area contributed by atoms with E-state index in [2.05, 4.69) is 6.92 Å². The summed E-state index contributed by atoms with van der Waals surface area (Å²) in [6.07, 6.45) is 1.07. The van der Waals surface area contributed by atoms with E-state index in [0.717, 1.165) is 19.8 Å². The van der Waals surface area contributed by atoms with E-state index in [9.17, 15) is 0 Å². The van der Waals surface area contributed by atoms with Gasteiger partial charge in [-0.15, -0.1) is 0 Å². The quantitative estimate of drug-likeness (QED) is 0.451. The van der Waals surface area contributed by atoms with Gasteiger partial charge in [0, 0.05) is 6.61 Å². The summed E-state index contributed by atoms with van der Waals surface area (Å²) in [7, 11) is -0.975. The van der Waals surface area contributed by atoms with Crippen LogP contribution in [0.1, 0.15) is 6.92 Å². The Hall–Kier alpha value is 0.0969. The molecule has 2 heterocycles. The zero-order valence-electron chi connectivity index (χ0n) is 7.49. The van der Waals surface area contributed by atoms with Crippen molar-refractivity contribution in [2.45, 2.75) is 31.2 Å². The molecule has 2 fully saturated rings. The summed E-state index contributed by atoms with van der Waals surface area (Å²) < 4.78 is 16.1. The first kappa shape index (κ1) is 8.68. The van der Waals surface area contributed by atoms with Gasteiger partial charge in [-0.3, -0.25) is 0 Å². The van der Waals surface area contributed by atoms with Crippen LogP contribution in [0.2, 0.25) is 12.1 Å². The summed E-state index contributed by atoms with van der Waals surface area (Å²) in [5.74, 6) is 0. The third-order valence-corrected chi connectivity index (χ3v) is 5.17. The lowest BCUT2D eigenvalue weighted by Crippen LogP contribution is -2.22. The van der Waals surface area contributed by atoms with Crippen molar-refractivity contribution < 1.29 is 13.9 Å². The molecular formula is C8H16O3Si. The van der Waals surface area contributed by atoms with E-state index in [-0.39, 0.29) is 0 Å². The Balaban J connectivity index is 1.66. The van der Waals surface area contributed by atoms with Crippen LogP contribution in [0, 0.1) is 0 Å². The van der Waals surface area contributed by atoms with Crippen LogP contribution in [0.25, 0.3) is 0 Å². The predicted octanol–water partition coefficient (Wildman–Crippen LogP) is 0.544. The van der Waals surface area contributed by atoms with Crippen LogP contribution in [0.5, 0.6) is 0 Å². The molecule has 2 saturated heterocycles. The highest BCUT2D eigenvalue weighted by molar-refractivity contribution is 6.52. The molecule has 0 N–H and O–H groups in total. The van der Waals surface area contributed by atoms with Crippen molar-refractivity contribution in [3.8, 4) is 0 Å². The number of epoxide rings is 2. The van der Waals surface area contributed by atoms with E-state index in [1.54, 1.807) is 0 Å². The van der Waals surface area contributed by atoms with Crippen LogP contribution >= 0.6 is 0 Å². The maximum absolute atomic E-state index is 5.72. The molecule has 0 aromatic heterocycles. The second-order valence-corrected chi connectivity index (χ2v) is 5.98. The van der Waals surface area contributed by atoms with Gasteiger partial charge in [0.15, 0.2) is 9.04 Å². The molecule has 0 aromatic rings. The first-order valence-corrected chi connectivity index (χ1v) is 6.83. The van der Waals surface area contributed by atoms with E-state index >= 15 is 0 Å². The summed E-state index contributed by atoms with van der Waals surface area (Å²) >= 11 is 0. The Bertz CT molecular complexity index is 131. The van der Waals surface area contributed by atoms with Gasteiger partial charge in [-0.05, 0) is 19.0 Å². The molecule has 70 valence electrons. The molecule has 0 bridgehead atoms. The fourth-order valence-corrected chi connectivity index (χ4v) is 4.12. The Labute approximate surface area is 74.7 Å². The summed E-state index contributed by atoms with van der Waals surface area (Å²) in [5, 5.41) is 0. The van der Waals surface area contributed by atoms with Crippen molar-refractivity contribution in [2.24, 2.45) is 0 Å². The van der Waals surface area contributed by atoms with Crippen molar-refractivity contribution in [1.29, 1.82) is 0 Å².